The van der Waals surface area contributed by atoms with Crippen molar-refractivity contribution in [1.29, 1.82) is 5.26 Å². The second-order valence-corrected chi connectivity index (χ2v) is 8.60. The Bertz CT molecular complexity index is 1480. The van der Waals surface area contributed by atoms with Gasteiger partial charge in [0, 0.05) is 25.4 Å². The minimum Gasteiger partial charge on any atom is -0.310 e. The fraction of sp³-hybridized carbons (Fsp3) is 0.208. The molecule has 4 aromatic rings. The van der Waals surface area contributed by atoms with Gasteiger partial charge in [-0.25, -0.2) is 0 Å². The normalized spacial score (nSPS) is 15.0. The number of aryl methyl sites for hydroxylation is 1. The van der Waals surface area contributed by atoms with Crippen LogP contribution < -0.4 is 14.8 Å². The van der Waals surface area contributed by atoms with Crippen LogP contribution in [0, 0.1) is 11.3 Å². The molecule has 4 heterocycles. The number of nitriles is 1. The van der Waals surface area contributed by atoms with Crippen LogP contribution in [0.25, 0.3) is 17.3 Å². The molecule has 0 fully saturated rings. The van der Waals surface area contributed by atoms with E-state index in [0.717, 1.165) is 43.6 Å². The smallest absolute Gasteiger partial charge is 0.273 e. The molecule has 5 rings (SSSR count). The highest BCUT2D eigenvalue weighted by atomic mass is 32.1. The number of hydrogen-bond donors (Lipinski definition) is 0. The minimum atomic E-state index is -0.177. The molecular formula is C24H20N6OS. The third kappa shape index (κ3) is 3.67. The van der Waals surface area contributed by atoms with E-state index >= 15 is 0 Å². The van der Waals surface area contributed by atoms with Gasteiger partial charge in [-0.2, -0.15) is 5.26 Å². The van der Waals surface area contributed by atoms with Crippen LogP contribution in [0.4, 0.5) is 0 Å². The summed E-state index contributed by atoms with van der Waals surface area (Å²) in [6, 6.07) is 15.4. The lowest BCUT2D eigenvalue weighted by molar-refractivity contribution is 0.627. The van der Waals surface area contributed by atoms with Crippen LogP contribution in [-0.2, 0) is 13.0 Å². The van der Waals surface area contributed by atoms with E-state index in [0.29, 0.717) is 26.3 Å². The third-order valence-corrected chi connectivity index (χ3v) is 6.57. The third-order valence-electron chi connectivity index (χ3n) is 5.48. The highest BCUT2D eigenvalue weighted by Gasteiger charge is 2.21. The molecule has 3 aromatic heterocycles. The zero-order valence-electron chi connectivity index (χ0n) is 17.3. The average molecular weight is 441 g/mol. The first-order chi connectivity index (χ1) is 15.8. The first-order valence-electron chi connectivity index (χ1n) is 10.5. The number of fused-ring (bicyclic) bond motifs is 1. The van der Waals surface area contributed by atoms with Crippen LogP contribution in [0.2, 0.25) is 0 Å². The second-order valence-electron chi connectivity index (χ2n) is 7.57. The molecule has 0 saturated carbocycles. The van der Waals surface area contributed by atoms with Gasteiger partial charge in [0.05, 0.1) is 10.2 Å². The molecule has 7 nitrogen and oxygen atoms in total. The maximum Gasteiger partial charge on any atom is 0.273 e. The standard InChI is InChI=1S/C24H20N6OS/c25-15-19(22-28-27-21-11-5-2-6-13-29(21)22)24-30(18-9-3-1-4-10-18)23(31)20(32-24)14-17-8-7-12-26-16-17/h1,3-4,7-10,12,14,16H,2,5-6,11,13H2. The quantitative estimate of drug-likeness (QED) is 0.487. The number of nitrogens with zero attached hydrogens (tertiary/aromatic N) is 6. The van der Waals surface area contributed by atoms with Crippen molar-refractivity contribution < 1.29 is 0 Å². The van der Waals surface area contributed by atoms with Crippen LogP contribution in [0.5, 0.6) is 0 Å². The number of rotatable bonds is 3. The summed E-state index contributed by atoms with van der Waals surface area (Å²) in [6.45, 7) is 0.776. The number of pyridine rings is 1. The van der Waals surface area contributed by atoms with E-state index in [-0.39, 0.29) is 5.56 Å². The van der Waals surface area contributed by atoms with E-state index in [1.807, 2.05) is 53.1 Å². The molecule has 0 amide bonds. The van der Waals surface area contributed by atoms with E-state index in [1.165, 1.54) is 11.3 Å². The van der Waals surface area contributed by atoms with Gasteiger partial charge in [0.1, 0.15) is 22.1 Å². The van der Waals surface area contributed by atoms with Gasteiger partial charge in [0.2, 0.25) is 0 Å². The molecule has 0 spiro atoms. The molecule has 1 aromatic carbocycles. The summed E-state index contributed by atoms with van der Waals surface area (Å²) < 4.78 is 4.72. The number of benzene rings is 1. The monoisotopic (exact) mass is 440 g/mol. The number of aromatic nitrogens is 5. The fourth-order valence-electron chi connectivity index (χ4n) is 3.94. The van der Waals surface area contributed by atoms with E-state index in [1.54, 1.807) is 17.0 Å². The van der Waals surface area contributed by atoms with Gasteiger partial charge in [-0.15, -0.1) is 21.5 Å². The van der Waals surface area contributed by atoms with Crippen molar-refractivity contribution in [3.8, 4) is 11.8 Å². The van der Waals surface area contributed by atoms with Crippen molar-refractivity contribution in [3.05, 3.63) is 91.6 Å². The molecule has 0 saturated heterocycles. The Morgan fingerprint density at radius 1 is 1.09 bits per heavy atom. The Kier molecular flexibility index (Phi) is 5.48. The lowest BCUT2D eigenvalue weighted by atomic mass is 10.2. The van der Waals surface area contributed by atoms with Crippen LogP contribution in [0.1, 0.15) is 36.5 Å². The Hall–Kier alpha value is -3.83. The number of hydrogen-bond acceptors (Lipinski definition) is 6. The average Bonchev–Trinajstić information content (AvgIpc) is 3.27. The van der Waals surface area contributed by atoms with Crippen LogP contribution in [-0.4, -0.2) is 24.3 Å². The second kappa shape index (κ2) is 8.73. The zero-order chi connectivity index (χ0) is 21.9. The summed E-state index contributed by atoms with van der Waals surface area (Å²) in [5.74, 6) is 1.43. The van der Waals surface area contributed by atoms with Gasteiger partial charge in [-0.05, 0) is 42.7 Å². The highest BCUT2D eigenvalue weighted by molar-refractivity contribution is 7.07. The molecule has 158 valence electrons. The van der Waals surface area contributed by atoms with Crippen LogP contribution in [0.3, 0.4) is 0 Å². The van der Waals surface area contributed by atoms with Gasteiger partial charge in [-0.3, -0.25) is 14.3 Å². The van der Waals surface area contributed by atoms with Crippen molar-refractivity contribution in [2.75, 3.05) is 0 Å². The first kappa shape index (κ1) is 20.1. The predicted octanol–water partition coefficient (Wildman–Crippen LogP) is 2.16. The fourth-order valence-corrected chi connectivity index (χ4v) is 5.04. The molecule has 0 bridgehead atoms. The van der Waals surface area contributed by atoms with Gasteiger partial charge < -0.3 is 4.57 Å². The summed E-state index contributed by atoms with van der Waals surface area (Å²) in [5, 5.41) is 18.9. The summed E-state index contributed by atoms with van der Waals surface area (Å²) in [6.07, 6.45) is 9.27. The summed E-state index contributed by atoms with van der Waals surface area (Å²) in [5.41, 5.74) is 1.72. The Morgan fingerprint density at radius 2 is 1.97 bits per heavy atom. The number of thiazole rings is 1. The van der Waals surface area contributed by atoms with E-state index in [9.17, 15) is 10.1 Å². The van der Waals surface area contributed by atoms with E-state index < -0.39 is 0 Å². The first-order valence-corrected chi connectivity index (χ1v) is 11.3. The number of para-hydroxylation sites is 1. The predicted molar refractivity (Wildman–Crippen MR) is 123 cm³/mol. The van der Waals surface area contributed by atoms with Crippen molar-refractivity contribution in [3.63, 3.8) is 0 Å². The molecule has 0 unspecified atom stereocenters. The Labute approximate surface area is 188 Å². The zero-order valence-corrected chi connectivity index (χ0v) is 18.1. The van der Waals surface area contributed by atoms with Crippen LogP contribution >= 0.6 is 11.3 Å². The topological polar surface area (TPSA) is 89.4 Å². The van der Waals surface area contributed by atoms with Crippen LogP contribution in [0.15, 0.2) is 59.7 Å². The highest BCUT2D eigenvalue weighted by Crippen LogP contribution is 2.18. The molecule has 0 N–H and O–H groups in total. The maximum atomic E-state index is 13.5. The molecule has 0 atom stereocenters. The Balaban J connectivity index is 1.84. The van der Waals surface area contributed by atoms with Gasteiger partial charge >= 0.3 is 0 Å². The molecule has 0 aliphatic carbocycles. The van der Waals surface area contributed by atoms with E-state index in [4.69, 9.17) is 0 Å². The Morgan fingerprint density at radius 3 is 2.75 bits per heavy atom. The molecular weight excluding hydrogens is 420 g/mol. The lowest BCUT2D eigenvalue weighted by Crippen LogP contribution is -2.31. The molecule has 0 radical (unpaired) electrons. The molecule has 8 heteroatoms. The van der Waals surface area contributed by atoms with Crippen molar-refractivity contribution in [2.45, 2.75) is 32.2 Å². The summed E-state index contributed by atoms with van der Waals surface area (Å²) >= 11 is 1.29. The maximum absolute atomic E-state index is 13.5. The van der Waals surface area contributed by atoms with Gasteiger partial charge in [0.15, 0.2) is 5.82 Å². The van der Waals surface area contributed by atoms with Gasteiger partial charge in [-0.1, -0.05) is 30.7 Å². The summed E-state index contributed by atoms with van der Waals surface area (Å²) in [4.78, 5) is 17.6. The molecule has 1 aliphatic heterocycles. The van der Waals surface area contributed by atoms with E-state index in [2.05, 4.69) is 21.3 Å². The molecule has 1 aliphatic rings. The lowest BCUT2D eigenvalue weighted by Gasteiger charge is -2.07. The van der Waals surface area contributed by atoms with Gasteiger partial charge in [0.25, 0.3) is 5.56 Å². The summed E-state index contributed by atoms with van der Waals surface area (Å²) in [7, 11) is 0. The van der Waals surface area contributed by atoms with Crippen molar-refractivity contribution >= 4 is 23.0 Å². The molecule has 32 heavy (non-hydrogen) atoms. The largest absolute Gasteiger partial charge is 0.310 e. The minimum absolute atomic E-state index is 0.177. The SMILES string of the molecule is N#CC(c1nnc2n1CCCCC2)=c1sc(=Cc2cccnc2)c(=O)n1-c1ccccc1. The van der Waals surface area contributed by atoms with Crippen molar-refractivity contribution in [2.24, 2.45) is 0 Å². The van der Waals surface area contributed by atoms with Crippen molar-refractivity contribution in [1.82, 2.24) is 24.3 Å².